The first-order valence-electron chi connectivity index (χ1n) is 11.2. The van der Waals surface area contributed by atoms with Gasteiger partial charge in [-0.2, -0.15) is 0 Å². The summed E-state index contributed by atoms with van der Waals surface area (Å²) < 4.78 is 13.5. The summed E-state index contributed by atoms with van der Waals surface area (Å²) in [6, 6.07) is 7.12. The summed E-state index contributed by atoms with van der Waals surface area (Å²) in [6.45, 7) is 7.59. The number of nitrogens with zero attached hydrogens (tertiary/aromatic N) is 4. The van der Waals surface area contributed by atoms with Crippen molar-refractivity contribution in [3.63, 3.8) is 0 Å². The van der Waals surface area contributed by atoms with Crippen LogP contribution in [0, 0.1) is 0 Å². The van der Waals surface area contributed by atoms with Gasteiger partial charge in [0.05, 0.1) is 22.4 Å². The van der Waals surface area contributed by atoms with Crippen molar-refractivity contribution in [2.45, 2.75) is 19.9 Å². The Morgan fingerprint density at radius 3 is 2.76 bits per heavy atom. The van der Waals surface area contributed by atoms with Crippen molar-refractivity contribution in [2.24, 2.45) is 4.99 Å². The number of thiazole rings is 1. The van der Waals surface area contributed by atoms with E-state index in [1.54, 1.807) is 24.5 Å². The van der Waals surface area contributed by atoms with Crippen molar-refractivity contribution in [3.05, 3.63) is 71.2 Å². The molecule has 2 aliphatic heterocycles. The van der Waals surface area contributed by atoms with Crippen LogP contribution in [0.15, 0.2) is 55.1 Å². The Labute approximate surface area is 204 Å². The number of thiophene rings is 1. The molecule has 1 saturated heterocycles. The van der Waals surface area contributed by atoms with Crippen molar-refractivity contribution >= 4 is 40.6 Å². The molecule has 178 valence electrons. The van der Waals surface area contributed by atoms with Gasteiger partial charge in [0.2, 0.25) is 0 Å². The van der Waals surface area contributed by atoms with Crippen molar-refractivity contribution in [3.8, 4) is 0 Å². The molecule has 1 unspecified atom stereocenters. The smallest absolute Gasteiger partial charge is 0.338 e. The van der Waals surface area contributed by atoms with Gasteiger partial charge in [-0.05, 0) is 38.4 Å². The van der Waals surface area contributed by atoms with E-state index in [2.05, 4.69) is 21.8 Å². The largest absolute Gasteiger partial charge is 0.463 e. The van der Waals surface area contributed by atoms with Crippen LogP contribution in [0.1, 0.15) is 30.5 Å². The van der Waals surface area contributed by atoms with E-state index in [9.17, 15) is 9.59 Å². The highest BCUT2D eigenvalue weighted by atomic mass is 32.1. The van der Waals surface area contributed by atoms with Crippen LogP contribution in [0.25, 0.3) is 6.08 Å². The molecule has 1 fully saturated rings. The number of aromatic nitrogens is 1. The molecule has 2 aliphatic rings. The predicted octanol–water partition coefficient (Wildman–Crippen LogP) is 2.20. The van der Waals surface area contributed by atoms with Crippen LogP contribution in [0.2, 0.25) is 0 Å². The molecule has 0 radical (unpaired) electrons. The summed E-state index contributed by atoms with van der Waals surface area (Å²) in [4.78, 5) is 36.9. The highest BCUT2D eigenvalue weighted by Gasteiger charge is 2.33. The molecule has 5 heterocycles. The van der Waals surface area contributed by atoms with Crippen LogP contribution in [0.3, 0.4) is 0 Å². The molecule has 34 heavy (non-hydrogen) atoms. The zero-order chi connectivity index (χ0) is 23.8. The molecule has 3 aromatic rings. The molecule has 0 saturated carbocycles. The summed E-state index contributed by atoms with van der Waals surface area (Å²) in [5, 5.41) is 1.94. The third-order valence-electron chi connectivity index (χ3n) is 6.03. The summed E-state index contributed by atoms with van der Waals surface area (Å²) in [5.74, 6) is 0.983. The number of hydrogen-bond donors (Lipinski definition) is 0. The standard InChI is InChI=1S/C24H26N4O4S2/c1-4-31-23(30)20-15(2)25-24-28(21(20)17-6-5-13-33-17)22(29)18(34-24)14-16-7-8-19(32-16)27-11-9-26(3)10-12-27/h5-8,13-14,21H,4,9-12H2,1-3H3. The fourth-order valence-corrected chi connectivity index (χ4v) is 6.10. The molecule has 0 aliphatic carbocycles. The van der Waals surface area contributed by atoms with Gasteiger partial charge in [0.25, 0.3) is 5.56 Å². The molecule has 0 spiro atoms. The number of rotatable bonds is 5. The third kappa shape index (κ3) is 4.17. The Morgan fingerprint density at radius 2 is 2.06 bits per heavy atom. The van der Waals surface area contributed by atoms with E-state index in [1.165, 1.54) is 22.7 Å². The van der Waals surface area contributed by atoms with E-state index in [0.717, 1.165) is 36.9 Å². The van der Waals surface area contributed by atoms with Crippen molar-refractivity contribution in [2.75, 3.05) is 44.7 Å². The maximum absolute atomic E-state index is 13.6. The molecule has 5 rings (SSSR count). The number of carbonyl (C=O) groups excluding carboxylic acids is 1. The zero-order valence-corrected chi connectivity index (χ0v) is 20.9. The molecule has 8 nitrogen and oxygen atoms in total. The first kappa shape index (κ1) is 22.8. The van der Waals surface area contributed by atoms with Crippen LogP contribution in [0.5, 0.6) is 0 Å². The Kier molecular flexibility index (Phi) is 6.28. The van der Waals surface area contributed by atoms with E-state index >= 15 is 0 Å². The van der Waals surface area contributed by atoms with Crippen LogP contribution in [-0.2, 0) is 9.53 Å². The molecule has 3 aromatic heterocycles. The van der Waals surface area contributed by atoms with Gasteiger partial charge in [-0.15, -0.1) is 11.3 Å². The zero-order valence-electron chi connectivity index (χ0n) is 19.3. The van der Waals surface area contributed by atoms with Gasteiger partial charge in [0.1, 0.15) is 11.8 Å². The second-order valence-corrected chi connectivity index (χ2v) is 10.3. The Balaban J connectivity index is 1.55. The lowest BCUT2D eigenvalue weighted by molar-refractivity contribution is -0.139. The second kappa shape index (κ2) is 9.36. The Hall–Kier alpha value is -2.95. The second-order valence-electron chi connectivity index (χ2n) is 8.28. The van der Waals surface area contributed by atoms with Gasteiger partial charge in [-0.25, -0.2) is 9.79 Å². The Morgan fingerprint density at radius 1 is 1.26 bits per heavy atom. The fourth-order valence-electron chi connectivity index (χ4n) is 4.25. The summed E-state index contributed by atoms with van der Waals surface area (Å²) in [6.07, 6.45) is 1.76. The summed E-state index contributed by atoms with van der Waals surface area (Å²) in [5.41, 5.74) is 0.771. The number of allylic oxidation sites excluding steroid dienone is 1. The molecule has 0 N–H and O–H groups in total. The number of piperazine rings is 1. The summed E-state index contributed by atoms with van der Waals surface area (Å²) in [7, 11) is 2.11. The number of furan rings is 1. The maximum Gasteiger partial charge on any atom is 0.338 e. The van der Waals surface area contributed by atoms with E-state index in [1.807, 2.05) is 29.6 Å². The SMILES string of the molecule is CCOC(=O)C1=C(C)N=c2sc(=Cc3ccc(N4CCN(C)CC4)o3)c(=O)n2C1c1cccs1. The van der Waals surface area contributed by atoms with E-state index in [4.69, 9.17) is 9.15 Å². The number of esters is 1. The van der Waals surface area contributed by atoms with Crippen LogP contribution in [0.4, 0.5) is 5.88 Å². The molecule has 0 amide bonds. The Bertz CT molecular complexity index is 1410. The van der Waals surface area contributed by atoms with Crippen LogP contribution in [-0.4, -0.2) is 55.3 Å². The normalized spacial score (nSPS) is 19.3. The van der Waals surface area contributed by atoms with Crippen LogP contribution < -0.4 is 19.8 Å². The predicted molar refractivity (Wildman–Crippen MR) is 133 cm³/mol. The number of carbonyl (C=O) groups is 1. The first-order valence-corrected chi connectivity index (χ1v) is 12.9. The average Bonchev–Trinajstić information content (AvgIpc) is 3.56. The lowest BCUT2D eigenvalue weighted by atomic mass is 10.0. The highest BCUT2D eigenvalue weighted by Crippen LogP contribution is 2.33. The number of likely N-dealkylation sites (N-methyl/N-ethyl adjacent to an activating group) is 1. The van der Waals surface area contributed by atoms with Gasteiger partial charge in [0.15, 0.2) is 10.7 Å². The topological polar surface area (TPSA) is 80.3 Å². The minimum absolute atomic E-state index is 0.200. The van der Waals surface area contributed by atoms with E-state index < -0.39 is 12.0 Å². The molecule has 1 atom stereocenters. The summed E-state index contributed by atoms with van der Waals surface area (Å²) >= 11 is 2.80. The van der Waals surface area contributed by atoms with Crippen LogP contribution >= 0.6 is 22.7 Å². The number of anilines is 1. The first-order chi connectivity index (χ1) is 16.5. The highest BCUT2D eigenvalue weighted by molar-refractivity contribution is 7.10. The fraction of sp³-hybridized carbons (Fsp3) is 0.375. The lowest BCUT2D eigenvalue weighted by Crippen LogP contribution is -2.44. The van der Waals surface area contributed by atoms with Gasteiger partial charge in [0, 0.05) is 43.2 Å². The molecular formula is C24H26N4O4S2. The van der Waals surface area contributed by atoms with Gasteiger partial charge in [-0.1, -0.05) is 17.4 Å². The molecular weight excluding hydrogens is 472 g/mol. The number of ether oxygens (including phenoxy) is 1. The average molecular weight is 499 g/mol. The van der Waals surface area contributed by atoms with E-state index in [0.29, 0.717) is 26.4 Å². The number of fused-ring (bicyclic) bond motifs is 1. The van der Waals surface area contributed by atoms with Crippen molar-refractivity contribution < 1.29 is 13.9 Å². The van der Waals surface area contributed by atoms with Crippen molar-refractivity contribution in [1.29, 1.82) is 0 Å². The monoisotopic (exact) mass is 498 g/mol. The minimum Gasteiger partial charge on any atom is -0.463 e. The maximum atomic E-state index is 13.6. The number of hydrogen-bond acceptors (Lipinski definition) is 9. The quantitative estimate of drug-likeness (QED) is 0.502. The van der Waals surface area contributed by atoms with Gasteiger partial charge >= 0.3 is 5.97 Å². The van der Waals surface area contributed by atoms with Gasteiger partial charge < -0.3 is 19.0 Å². The minimum atomic E-state index is -0.560. The molecule has 10 heteroatoms. The molecule has 0 bridgehead atoms. The van der Waals surface area contributed by atoms with Crippen molar-refractivity contribution in [1.82, 2.24) is 9.47 Å². The lowest BCUT2D eigenvalue weighted by Gasteiger charge is -2.32. The van der Waals surface area contributed by atoms with Gasteiger partial charge in [-0.3, -0.25) is 9.36 Å². The van der Waals surface area contributed by atoms with E-state index in [-0.39, 0.29) is 12.2 Å². The third-order valence-corrected chi connectivity index (χ3v) is 7.94. The molecule has 0 aromatic carbocycles.